The van der Waals surface area contributed by atoms with E-state index in [-0.39, 0.29) is 6.03 Å². The van der Waals surface area contributed by atoms with Gasteiger partial charge < -0.3 is 5.32 Å². The highest BCUT2D eigenvalue weighted by Crippen LogP contribution is 2.18. The number of nitrogens with two attached hydrogens (primary N) is 1. The lowest BCUT2D eigenvalue weighted by Crippen LogP contribution is -2.40. The van der Waals surface area contributed by atoms with E-state index < -0.39 is 0 Å². The van der Waals surface area contributed by atoms with Gasteiger partial charge in [0.15, 0.2) is 0 Å². The van der Waals surface area contributed by atoms with Crippen molar-refractivity contribution in [2.75, 3.05) is 5.32 Å². The van der Waals surface area contributed by atoms with Crippen LogP contribution in [0, 0.1) is 13.8 Å². The first-order chi connectivity index (χ1) is 9.58. The van der Waals surface area contributed by atoms with Crippen molar-refractivity contribution < 1.29 is 4.79 Å². The first-order valence-electron chi connectivity index (χ1n) is 6.51. The van der Waals surface area contributed by atoms with Gasteiger partial charge in [0.05, 0.1) is 6.54 Å². The van der Waals surface area contributed by atoms with E-state index >= 15 is 0 Å². The average molecular weight is 269 g/mol. The number of benzene rings is 2. The van der Waals surface area contributed by atoms with Gasteiger partial charge in [0.2, 0.25) is 0 Å². The molecule has 2 amide bonds. The largest absolute Gasteiger partial charge is 0.336 e. The Labute approximate surface area is 119 Å². The van der Waals surface area contributed by atoms with Crippen LogP contribution in [0.25, 0.3) is 0 Å². The molecule has 2 aromatic carbocycles. The topological polar surface area (TPSA) is 58.4 Å². The van der Waals surface area contributed by atoms with Crippen LogP contribution in [-0.2, 0) is 6.54 Å². The summed E-state index contributed by atoms with van der Waals surface area (Å²) in [5.74, 6) is 5.81. The van der Waals surface area contributed by atoms with E-state index in [1.54, 1.807) is 0 Å². The maximum absolute atomic E-state index is 12.1. The SMILES string of the molecule is Cc1cccc(NC(=O)N(N)Cc2ccccc2)c1C. The zero-order chi connectivity index (χ0) is 14.5. The van der Waals surface area contributed by atoms with Crippen LogP contribution in [0.15, 0.2) is 48.5 Å². The maximum Gasteiger partial charge on any atom is 0.336 e. The van der Waals surface area contributed by atoms with E-state index in [1.165, 1.54) is 5.01 Å². The number of urea groups is 1. The molecule has 0 spiro atoms. The van der Waals surface area contributed by atoms with E-state index in [4.69, 9.17) is 5.84 Å². The number of aryl methyl sites for hydroxylation is 1. The van der Waals surface area contributed by atoms with Crippen molar-refractivity contribution in [2.24, 2.45) is 5.84 Å². The number of hydrogen-bond acceptors (Lipinski definition) is 2. The number of rotatable bonds is 3. The average Bonchev–Trinajstić information content (AvgIpc) is 2.45. The zero-order valence-corrected chi connectivity index (χ0v) is 11.8. The minimum Gasteiger partial charge on any atom is -0.306 e. The van der Waals surface area contributed by atoms with Crippen LogP contribution in [0.4, 0.5) is 10.5 Å². The Morgan fingerprint density at radius 2 is 1.80 bits per heavy atom. The maximum atomic E-state index is 12.1. The first-order valence-corrected chi connectivity index (χ1v) is 6.51. The highest BCUT2D eigenvalue weighted by molar-refractivity contribution is 5.89. The summed E-state index contributed by atoms with van der Waals surface area (Å²) in [6, 6.07) is 15.1. The summed E-state index contributed by atoms with van der Waals surface area (Å²) in [5.41, 5.74) is 3.97. The van der Waals surface area contributed by atoms with Crippen molar-refractivity contribution in [2.45, 2.75) is 20.4 Å². The minimum atomic E-state index is -0.317. The van der Waals surface area contributed by atoms with Gasteiger partial charge in [0.1, 0.15) is 0 Å². The molecular weight excluding hydrogens is 250 g/mol. The van der Waals surface area contributed by atoms with Gasteiger partial charge in [-0.1, -0.05) is 42.5 Å². The van der Waals surface area contributed by atoms with Crippen LogP contribution in [0.1, 0.15) is 16.7 Å². The first kappa shape index (κ1) is 14.1. The van der Waals surface area contributed by atoms with Gasteiger partial charge in [0, 0.05) is 5.69 Å². The fraction of sp³-hybridized carbons (Fsp3) is 0.188. The van der Waals surface area contributed by atoms with Crippen LogP contribution in [0.5, 0.6) is 0 Å². The normalized spacial score (nSPS) is 10.2. The monoisotopic (exact) mass is 269 g/mol. The van der Waals surface area contributed by atoms with Crippen LogP contribution in [-0.4, -0.2) is 11.0 Å². The van der Waals surface area contributed by atoms with Gasteiger partial charge in [-0.25, -0.2) is 10.6 Å². The summed E-state index contributed by atoms with van der Waals surface area (Å²) < 4.78 is 0. The number of amides is 2. The van der Waals surface area contributed by atoms with E-state index in [0.29, 0.717) is 6.54 Å². The molecule has 104 valence electrons. The third-order valence-electron chi connectivity index (χ3n) is 3.30. The molecular formula is C16H19N3O. The molecule has 2 aromatic rings. The molecule has 0 heterocycles. The molecule has 4 heteroatoms. The molecule has 0 aliphatic heterocycles. The molecule has 0 saturated carbocycles. The van der Waals surface area contributed by atoms with Crippen LogP contribution < -0.4 is 11.2 Å². The molecule has 0 fully saturated rings. The summed E-state index contributed by atoms with van der Waals surface area (Å²) >= 11 is 0. The molecule has 0 atom stereocenters. The minimum absolute atomic E-state index is 0.317. The third-order valence-corrected chi connectivity index (χ3v) is 3.30. The predicted octanol–water partition coefficient (Wildman–Crippen LogP) is 3.21. The molecule has 0 unspecified atom stereocenters. The Morgan fingerprint density at radius 1 is 1.10 bits per heavy atom. The number of nitrogens with zero attached hydrogens (tertiary/aromatic N) is 1. The second-order valence-corrected chi connectivity index (χ2v) is 4.79. The standard InChI is InChI=1S/C16H19N3O/c1-12-7-6-10-15(13(12)2)18-16(20)19(17)11-14-8-4-3-5-9-14/h3-10H,11,17H2,1-2H3,(H,18,20). The van der Waals surface area contributed by atoms with Crippen molar-refractivity contribution in [3.05, 3.63) is 65.2 Å². The highest BCUT2D eigenvalue weighted by atomic mass is 16.2. The summed E-state index contributed by atoms with van der Waals surface area (Å²) in [7, 11) is 0. The number of carbonyl (C=O) groups excluding carboxylic acids is 1. The van der Waals surface area contributed by atoms with E-state index in [2.05, 4.69) is 5.32 Å². The molecule has 0 bridgehead atoms. The van der Waals surface area contributed by atoms with Gasteiger partial charge in [0.25, 0.3) is 0 Å². The molecule has 0 aromatic heterocycles. The van der Waals surface area contributed by atoms with Crippen LogP contribution in [0.3, 0.4) is 0 Å². The summed E-state index contributed by atoms with van der Waals surface area (Å²) in [4.78, 5) is 12.1. The van der Waals surface area contributed by atoms with Crippen molar-refractivity contribution in [3.63, 3.8) is 0 Å². The number of hydrazine groups is 1. The lowest BCUT2D eigenvalue weighted by Gasteiger charge is -2.18. The molecule has 4 nitrogen and oxygen atoms in total. The second kappa shape index (κ2) is 6.21. The summed E-state index contributed by atoms with van der Waals surface area (Å²) in [6.45, 7) is 4.36. The van der Waals surface area contributed by atoms with Crippen molar-refractivity contribution in [3.8, 4) is 0 Å². The Bertz CT molecular complexity index is 596. The zero-order valence-electron chi connectivity index (χ0n) is 11.8. The predicted molar refractivity (Wildman–Crippen MR) is 81.1 cm³/mol. The lowest BCUT2D eigenvalue weighted by atomic mass is 10.1. The summed E-state index contributed by atoms with van der Waals surface area (Å²) in [6.07, 6.45) is 0. The molecule has 0 aliphatic rings. The Balaban J connectivity index is 2.03. The number of hydrogen-bond donors (Lipinski definition) is 2. The van der Waals surface area contributed by atoms with Gasteiger partial charge in [-0.15, -0.1) is 0 Å². The number of carbonyl (C=O) groups is 1. The molecule has 0 saturated heterocycles. The fourth-order valence-electron chi connectivity index (χ4n) is 1.93. The van der Waals surface area contributed by atoms with Crippen LogP contribution >= 0.6 is 0 Å². The van der Waals surface area contributed by atoms with Gasteiger partial charge >= 0.3 is 6.03 Å². The van der Waals surface area contributed by atoms with Crippen molar-refractivity contribution >= 4 is 11.7 Å². The highest BCUT2D eigenvalue weighted by Gasteiger charge is 2.11. The van der Waals surface area contributed by atoms with Crippen LogP contribution in [0.2, 0.25) is 0 Å². The number of anilines is 1. The van der Waals surface area contributed by atoms with Crippen molar-refractivity contribution in [1.82, 2.24) is 5.01 Å². The Morgan fingerprint density at radius 3 is 2.50 bits per heavy atom. The van der Waals surface area contributed by atoms with E-state index in [1.807, 2.05) is 62.4 Å². The van der Waals surface area contributed by atoms with E-state index in [0.717, 1.165) is 22.4 Å². The Kier molecular flexibility index (Phi) is 4.38. The smallest absolute Gasteiger partial charge is 0.306 e. The molecule has 0 radical (unpaired) electrons. The second-order valence-electron chi connectivity index (χ2n) is 4.79. The molecule has 20 heavy (non-hydrogen) atoms. The third kappa shape index (κ3) is 3.36. The molecule has 3 N–H and O–H groups in total. The fourth-order valence-corrected chi connectivity index (χ4v) is 1.93. The molecule has 2 rings (SSSR count). The van der Waals surface area contributed by atoms with Gasteiger partial charge in [-0.05, 0) is 36.6 Å². The quantitative estimate of drug-likeness (QED) is 0.510. The lowest BCUT2D eigenvalue weighted by molar-refractivity contribution is 0.210. The summed E-state index contributed by atoms with van der Waals surface area (Å²) in [5, 5.41) is 4.01. The molecule has 0 aliphatic carbocycles. The van der Waals surface area contributed by atoms with Crippen molar-refractivity contribution in [1.29, 1.82) is 0 Å². The number of nitrogens with one attached hydrogen (secondary N) is 1. The van der Waals surface area contributed by atoms with Gasteiger partial charge in [-0.2, -0.15) is 0 Å². The Hall–Kier alpha value is -2.33. The van der Waals surface area contributed by atoms with Gasteiger partial charge in [-0.3, -0.25) is 5.01 Å². The van der Waals surface area contributed by atoms with E-state index in [9.17, 15) is 4.79 Å².